The predicted molar refractivity (Wildman–Crippen MR) is 429 cm³/mol. The summed E-state index contributed by atoms with van der Waals surface area (Å²) in [6.45, 7) is 13.0. The van der Waals surface area contributed by atoms with Crippen LogP contribution in [0.5, 0.6) is 0 Å². The predicted octanol–water partition coefficient (Wildman–Crippen LogP) is 19.0. The lowest BCUT2D eigenvalue weighted by atomic mass is 9.88. The zero-order valence-electron chi connectivity index (χ0n) is 61.4. The highest BCUT2D eigenvalue weighted by molar-refractivity contribution is 6.34. The number of hydrogen-bond acceptors (Lipinski definition) is 10. The summed E-state index contributed by atoms with van der Waals surface area (Å²) in [6, 6.07) is 34.4. The molecule has 4 aromatic carbocycles. The molecule has 5 saturated heterocycles. The Labute approximate surface area is 658 Å². The second kappa shape index (κ2) is 35.2. The summed E-state index contributed by atoms with van der Waals surface area (Å²) in [5.74, 6) is 2.65. The molecule has 580 valence electrons. The standard InChI is InChI=1S/C24H30ClN3O2.C21H22ClF3N2O.C20H22Cl2N2O.C20H21ClF2N2O/c25-23-22(9-12-28(24(23)29)17-18-1-2-18)27-10-7-20(8-11-27)19-3-5-21(6-4-19)26-13-15-30-16-14-26;22-19-18(8-11-27(20(19)28)13-14-4-5-14)26-9-6-15(7-10-26)16-2-1-3-17(12-16)21(23,24)25;21-17-4-2-1-3-16(17)15-7-10-23(11-8-15)18-9-12-24(13-14-5-6-14)20(25)19(18)22;21-19-18(7-10-25(20(19)26)12-13-1-2-13)24-8-5-14(6-9-24)16-4-3-15(22)11-17(16)23/h3-6,9,12,18,20H,1-2,7-8,10-11,13-17H2;1-3,8,11-12,14-15H,4-7,9-10,13H2;1-4,9,12,14-15H,5-8,10-11,13H2;3-4,7,10-11,13-14H,1-2,5-6,8-9,12H2. The average Bonchev–Trinajstić information content (AvgIpc) is 1.18. The van der Waals surface area contributed by atoms with Gasteiger partial charge in [0.15, 0.2) is 0 Å². The van der Waals surface area contributed by atoms with Crippen LogP contribution in [0.15, 0.2) is 159 Å². The fraction of sp³-hybridized carbons (Fsp3) is 0.482. The van der Waals surface area contributed by atoms with Gasteiger partial charge in [0, 0.05) is 133 Å². The number of halogens is 10. The molecule has 109 heavy (non-hydrogen) atoms. The van der Waals surface area contributed by atoms with Gasteiger partial charge in [-0.05, 0) is 227 Å². The van der Waals surface area contributed by atoms with Gasteiger partial charge >= 0.3 is 6.18 Å². The highest BCUT2D eigenvalue weighted by atomic mass is 35.5. The SMILES string of the molecule is O=c1c(Cl)c(N2CCC(c3ccc(F)cc3F)CC2)ccn1CC1CC1.O=c1c(Cl)c(N2CCC(c3ccc(N4CCOCC4)cc3)CC2)ccn1CC1CC1.O=c1c(Cl)c(N2CCC(c3cccc(C(F)(F)F)c3)CC2)ccn1CC1CC1.O=c1c(Cl)c(N2CCC(c3ccccc3Cl)CC2)ccn1CC1CC1. The highest BCUT2D eigenvalue weighted by Crippen LogP contribution is 2.42. The molecule has 0 amide bonds. The van der Waals surface area contributed by atoms with Crippen LogP contribution in [0, 0.1) is 35.3 Å². The summed E-state index contributed by atoms with van der Waals surface area (Å²) in [4.78, 5) is 61.2. The largest absolute Gasteiger partial charge is 0.416 e. The summed E-state index contributed by atoms with van der Waals surface area (Å²) >= 11 is 32.0. The molecular formula is C85H95Cl5F5N9O5. The first-order valence-electron chi connectivity index (χ1n) is 39.0. The van der Waals surface area contributed by atoms with Gasteiger partial charge in [0.1, 0.15) is 31.7 Å². The van der Waals surface area contributed by atoms with E-state index in [1.165, 1.54) is 79.6 Å². The van der Waals surface area contributed by atoms with E-state index >= 15 is 0 Å². The van der Waals surface area contributed by atoms with Gasteiger partial charge in [-0.25, -0.2) is 8.78 Å². The summed E-state index contributed by atoms with van der Waals surface area (Å²) < 4.78 is 78.4. The van der Waals surface area contributed by atoms with E-state index in [1.807, 2.05) is 61.1 Å². The van der Waals surface area contributed by atoms with Crippen LogP contribution in [-0.2, 0) is 37.1 Å². The Morgan fingerprint density at radius 1 is 0.358 bits per heavy atom. The molecule has 0 bridgehead atoms. The zero-order chi connectivity index (χ0) is 76.0. The molecule has 0 N–H and O–H groups in total. The fourth-order valence-corrected chi connectivity index (χ4v) is 17.6. The number of ether oxygens (including phenoxy) is 1. The van der Waals surface area contributed by atoms with Gasteiger partial charge in [-0.15, -0.1) is 0 Å². The van der Waals surface area contributed by atoms with Crippen molar-refractivity contribution in [3.63, 3.8) is 0 Å². The van der Waals surface area contributed by atoms with E-state index in [2.05, 4.69) is 54.8 Å². The van der Waals surface area contributed by atoms with Crippen molar-refractivity contribution in [3.8, 4) is 0 Å². The van der Waals surface area contributed by atoms with E-state index in [0.29, 0.717) is 77.3 Å². The first-order chi connectivity index (χ1) is 52.7. The number of anilines is 5. The number of nitrogens with zero attached hydrogens (tertiary/aromatic N) is 9. The van der Waals surface area contributed by atoms with E-state index in [0.717, 1.165) is 188 Å². The van der Waals surface area contributed by atoms with Gasteiger partial charge < -0.3 is 47.5 Å². The number of morpholine rings is 1. The van der Waals surface area contributed by atoms with Crippen LogP contribution in [0.4, 0.5) is 50.4 Å². The third kappa shape index (κ3) is 19.8. The molecule has 5 aliphatic heterocycles. The van der Waals surface area contributed by atoms with E-state index in [1.54, 1.807) is 30.5 Å². The smallest absolute Gasteiger partial charge is 0.378 e. The van der Waals surface area contributed by atoms with Gasteiger partial charge in [0.05, 0.1) is 41.5 Å². The van der Waals surface area contributed by atoms with E-state index in [9.17, 15) is 41.1 Å². The molecule has 0 spiro atoms. The first kappa shape index (κ1) is 78.4. The van der Waals surface area contributed by atoms with Crippen molar-refractivity contribution in [2.75, 3.05) is 103 Å². The molecule has 4 aromatic heterocycles. The molecule has 24 heteroatoms. The van der Waals surface area contributed by atoms with Crippen molar-refractivity contribution in [2.45, 2.75) is 159 Å². The zero-order valence-corrected chi connectivity index (χ0v) is 65.2. The second-order valence-electron chi connectivity index (χ2n) is 31.2. The number of pyridine rings is 4. The Balaban J connectivity index is 0.000000122. The fourth-order valence-electron chi connectivity index (χ4n) is 16.2. The molecule has 9 heterocycles. The number of alkyl halides is 3. The third-order valence-corrected chi connectivity index (χ3v) is 25.2. The van der Waals surface area contributed by atoms with E-state index < -0.39 is 23.4 Å². The van der Waals surface area contributed by atoms with Gasteiger partial charge in [0.25, 0.3) is 22.2 Å². The Hall–Kier alpha value is -7.26. The summed E-state index contributed by atoms with van der Waals surface area (Å²) in [5.41, 5.74) is 7.47. The lowest BCUT2D eigenvalue weighted by molar-refractivity contribution is -0.137. The lowest BCUT2D eigenvalue weighted by Gasteiger charge is -2.34. The molecule has 0 atom stereocenters. The maximum Gasteiger partial charge on any atom is 0.416 e. The molecule has 4 saturated carbocycles. The van der Waals surface area contributed by atoms with Crippen LogP contribution in [0.1, 0.15) is 154 Å². The lowest BCUT2D eigenvalue weighted by Crippen LogP contribution is -2.36. The number of hydrogen-bond donors (Lipinski definition) is 0. The minimum Gasteiger partial charge on any atom is -0.378 e. The topological polar surface area (TPSA) is 113 Å². The molecule has 8 aromatic rings. The maximum atomic E-state index is 14.0. The van der Waals surface area contributed by atoms with Crippen LogP contribution in [0.2, 0.25) is 25.1 Å². The summed E-state index contributed by atoms with van der Waals surface area (Å²) in [6.07, 6.45) is 19.9. The molecule has 9 fully saturated rings. The van der Waals surface area contributed by atoms with Gasteiger partial charge in [-0.1, -0.05) is 113 Å². The molecule has 14 nitrogen and oxygen atoms in total. The van der Waals surface area contributed by atoms with E-state index in [4.69, 9.17) is 62.7 Å². The normalized spacial score (nSPS) is 19.0. The van der Waals surface area contributed by atoms with Gasteiger partial charge in [-0.2, -0.15) is 13.2 Å². The van der Waals surface area contributed by atoms with Crippen LogP contribution >= 0.6 is 58.0 Å². The van der Waals surface area contributed by atoms with Crippen molar-refractivity contribution < 1.29 is 26.7 Å². The monoisotopic (exact) mass is 1590 g/mol. The van der Waals surface area contributed by atoms with Crippen molar-refractivity contribution >= 4 is 86.4 Å². The van der Waals surface area contributed by atoms with Crippen LogP contribution < -0.4 is 46.7 Å². The Kier molecular flexibility index (Phi) is 25.3. The average molecular weight is 1600 g/mol. The number of aromatic nitrogens is 4. The summed E-state index contributed by atoms with van der Waals surface area (Å²) in [7, 11) is 0. The van der Waals surface area contributed by atoms with Crippen LogP contribution in [0.25, 0.3) is 0 Å². The molecular weight excluding hydrogens is 1500 g/mol. The quantitative estimate of drug-likeness (QED) is 0.0817. The van der Waals surface area contributed by atoms with Crippen molar-refractivity contribution in [2.24, 2.45) is 23.7 Å². The third-order valence-electron chi connectivity index (χ3n) is 23.5. The maximum absolute atomic E-state index is 14.0. The van der Waals surface area contributed by atoms with Crippen molar-refractivity contribution in [1.29, 1.82) is 0 Å². The number of rotatable bonds is 17. The van der Waals surface area contributed by atoms with E-state index in [-0.39, 0.29) is 44.1 Å². The van der Waals surface area contributed by atoms with Crippen LogP contribution in [0.3, 0.4) is 0 Å². The second-order valence-corrected chi connectivity index (χ2v) is 33.1. The van der Waals surface area contributed by atoms with Crippen molar-refractivity contribution in [3.05, 3.63) is 246 Å². The molecule has 0 radical (unpaired) electrons. The van der Waals surface area contributed by atoms with Crippen LogP contribution in [-0.4, -0.2) is 96.9 Å². The number of benzene rings is 4. The highest BCUT2D eigenvalue weighted by Gasteiger charge is 2.35. The van der Waals surface area contributed by atoms with Gasteiger partial charge in [0.2, 0.25) is 0 Å². The summed E-state index contributed by atoms with van der Waals surface area (Å²) in [5, 5.41) is 2.09. The number of piperidine rings is 4. The Bertz CT molecular complexity index is 4710. The first-order valence-corrected chi connectivity index (χ1v) is 40.9. The molecule has 0 unspecified atom stereocenters. The minimum absolute atomic E-state index is 0.0399. The minimum atomic E-state index is -4.32. The Morgan fingerprint density at radius 2 is 0.725 bits per heavy atom. The Morgan fingerprint density at radius 3 is 1.09 bits per heavy atom. The molecule has 9 aliphatic rings. The molecule has 4 aliphatic carbocycles. The molecule has 17 rings (SSSR count). The van der Waals surface area contributed by atoms with Gasteiger partial charge in [-0.3, -0.25) is 19.2 Å². The van der Waals surface area contributed by atoms with Crippen molar-refractivity contribution in [1.82, 2.24) is 18.3 Å².